The van der Waals surface area contributed by atoms with Gasteiger partial charge in [-0.05, 0) is 12.3 Å². The van der Waals surface area contributed by atoms with E-state index in [1.165, 1.54) is 6.33 Å². The molecule has 0 bridgehead atoms. The molecule has 0 aromatic carbocycles. The second-order valence-electron chi connectivity index (χ2n) is 5.90. The van der Waals surface area contributed by atoms with E-state index < -0.39 is 0 Å². The van der Waals surface area contributed by atoms with E-state index in [0.717, 1.165) is 17.8 Å². The van der Waals surface area contributed by atoms with Crippen LogP contribution in [-0.2, 0) is 4.79 Å². The minimum atomic E-state index is -0.0975. The largest absolute Gasteiger partial charge is 0.353 e. The van der Waals surface area contributed by atoms with Gasteiger partial charge in [0.2, 0.25) is 0 Å². The van der Waals surface area contributed by atoms with Crippen LogP contribution >= 0.6 is 0 Å². The molecule has 2 aromatic heterocycles. The summed E-state index contributed by atoms with van der Waals surface area (Å²) in [7, 11) is 1.98. The van der Waals surface area contributed by atoms with E-state index in [0.29, 0.717) is 24.7 Å². The summed E-state index contributed by atoms with van der Waals surface area (Å²) < 4.78 is 0. The third kappa shape index (κ3) is 2.82. The fourth-order valence-corrected chi connectivity index (χ4v) is 3.12. The van der Waals surface area contributed by atoms with Crippen molar-refractivity contribution in [2.45, 2.75) is 19.4 Å². The van der Waals surface area contributed by atoms with Crippen LogP contribution in [0.1, 0.15) is 13.3 Å². The van der Waals surface area contributed by atoms with Gasteiger partial charge < -0.3 is 19.6 Å². The highest BCUT2D eigenvalue weighted by Crippen LogP contribution is 2.27. The number of fused-ring (bicyclic) bond motifs is 1. The summed E-state index contributed by atoms with van der Waals surface area (Å²) in [4.78, 5) is 34.9. The Hall–Kier alpha value is -2.69. The summed E-state index contributed by atoms with van der Waals surface area (Å²) in [6.07, 6.45) is 4.02. The maximum Gasteiger partial charge on any atom is 0.302 e. The third-order valence-corrected chi connectivity index (χ3v) is 4.52. The first kappa shape index (κ1) is 15.2. The number of piperidine rings is 1. The van der Waals surface area contributed by atoms with Gasteiger partial charge in [-0.15, -0.1) is 0 Å². The van der Waals surface area contributed by atoms with Crippen LogP contribution in [0.15, 0.2) is 12.7 Å². The molecule has 0 spiro atoms. The Morgan fingerprint density at radius 1 is 1.52 bits per heavy atom. The number of nitrogens with zero attached hydrogens (tertiary/aromatic N) is 6. The molecule has 2 atom stereocenters. The molecular formula is C15H19N7O. The number of likely N-dealkylation sites (tertiary alicyclic amines) is 1. The third-order valence-electron chi connectivity index (χ3n) is 4.52. The van der Waals surface area contributed by atoms with Crippen LogP contribution in [0, 0.1) is 12.5 Å². The van der Waals surface area contributed by atoms with Gasteiger partial charge in [0.1, 0.15) is 11.8 Å². The molecule has 3 rings (SSSR count). The maximum atomic E-state index is 12.0. The molecule has 8 heteroatoms. The Labute approximate surface area is 134 Å². The van der Waals surface area contributed by atoms with E-state index in [2.05, 4.69) is 36.6 Å². The van der Waals surface area contributed by atoms with E-state index >= 15 is 0 Å². The first-order valence-corrected chi connectivity index (χ1v) is 7.59. The van der Waals surface area contributed by atoms with Gasteiger partial charge in [-0.25, -0.2) is 21.5 Å². The molecule has 0 unspecified atom stereocenters. The summed E-state index contributed by atoms with van der Waals surface area (Å²) in [5, 5.41) is 0. The number of likely N-dealkylation sites (N-methyl/N-ethyl adjacent to an activating group) is 1. The van der Waals surface area contributed by atoms with Crippen molar-refractivity contribution in [1.29, 1.82) is 0 Å². The van der Waals surface area contributed by atoms with E-state index in [-0.39, 0.29) is 18.5 Å². The van der Waals surface area contributed by atoms with Gasteiger partial charge in [-0.2, -0.15) is 0 Å². The highest BCUT2D eigenvalue weighted by molar-refractivity contribution is 5.83. The second-order valence-corrected chi connectivity index (χ2v) is 5.90. The van der Waals surface area contributed by atoms with Crippen LogP contribution in [0.2, 0.25) is 0 Å². The van der Waals surface area contributed by atoms with Crippen molar-refractivity contribution in [1.82, 2.24) is 24.8 Å². The van der Waals surface area contributed by atoms with E-state index in [1.54, 1.807) is 11.2 Å². The molecule has 2 aromatic rings. The zero-order valence-electron chi connectivity index (χ0n) is 13.2. The maximum absolute atomic E-state index is 12.0. The van der Waals surface area contributed by atoms with Crippen molar-refractivity contribution < 1.29 is 4.79 Å². The average Bonchev–Trinajstić information content (AvgIpc) is 3.03. The van der Waals surface area contributed by atoms with Crippen LogP contribution in [0.3, 0.4) is 0 Å². The Bertz CT molecular complexity index is 750. The fraction of sp³-hybridized carbons (Fsp3) is 0.533. The number of imidazole rings is 1. The summed E-state index contributed by atoms with van der Waals surface area (Å²) >= 11 is 0. The van der Waals surface area contributed by atoms with Crippen LogP contribution in [0.25, 0.3) is 16.0 Å². The van der Waals surface area contributed by atoms with Crippen molar-refractivity contribution >= 4 is 22.9 Å². The molecule has 1 fully saturated rings. The van der Waals surface area contributed by atoms with Crippen LogP contribution in [0.5, 0.6) is 0 Å². The summed E-state index contributed by atoms with van der Waals surface area (Å²) in [6, 6.07) is 0.139. The van der Waals surface area contributed by atoms with Crippen molar-refractivity contribution in [2.75, 3.05) is 31.6 Å². The summed E-state index contributed by atoms with van der Waals surface area (Å²) in [5.74, 6) is 1.11. The fourth-order valence-electron chi connectivity index (χ4n) is 3.12. The molecule has 1 amide bonds. The zero-order valence-corrected chi connectivity index (χ0v) is 13.2. The molecule has 23 heavy (non-hydrogen) atoms. The number of hydrogen-bond acceptors (Lipinski definition) is 5. The van der Waals surface area contributed by atoms with Crippen LogP contribution in [0.4, 0.5) is 5.82 Å². The summed E-state index contributed by atoms with van der Waals surface area (Å²) in [5.41, 5.74) is 1.43. The lowest BCUT2D eigenvalue weighted by atomic mass is 9.92. The highest BCUT2D eigenvalue weighted by atomic mass is 16.2. The topological polar surface area (TPSA) is 82.4 Å². The molecule has 8 nitrogen and oxygen atoms in total. The van der Waals surface area contributed by atoms with Gasteiger partial charge in [-0.1, -0.05) is 6.92 Å². The predicted octanol–water partition coefficient (Wildman–Crippen LogP) is 0.945. The predicted molar refractivity (Wildman–Crippen MR) is 85.7 cm³/mol. The number of carbonyl (C=O) groups excluding carboxylic acids is 1. The number of carbonyl (C=O) groups is 1. The second kappa shape index (κ2) is 6.20. The lowest BCUT2D eigenvalue weighted by Crippen LogP contribution is -2.53. The van der Waals surface area contributed by atoms with Gasteiger partial charge in [0.25, 0.3) is 6.54 Å². The lowest BCUT2D eigenvalue weighted by Gasteiger charge is -2.41. The molecule has 1 aliphatic rings. The molecule has 0 saturated carbocycles. The van der Waals surface area contributed by atoms with Crippen LogP contribution < -0.4 is 4.90 Å². The Morgan fingerprint density at radius 3 is 3.13 bits per heavy atom. The molecule has 1 aliphatic heterocycles. The van der Waals surface area contributed by atoms with E-state index in [9.17, 15) is 4.79 Å². The minimum Gasteiger partial charge on any atom is -0.353 e. The number of rotatable bonds is 3. The number of H-pyrrole nitrogens is 1. The van der Waals surface area contributed by atoms with Gasteiger partial charge in [0.05, 0.1) is 12.4 Å². The molecule has 1 N–H and O–H groups in total. The summed E-state index contributed by atoms with van der Waals surface area (Å²) in [6.45, 7) is 10.3. The SMILES string of the molecule is [C-]#[N+]CC(=O)N1CC[C@@H](C)[C@@H](N(C)c2ncnc3nc[nH]c23)C1. The minimum absolute atomic E-state index is 0.0802. The van der Waals surface area contributed by atoms with Crippen molar-refractivity contribution in [2.24, 2.45) is 5.92 Å². The molecule has 3 heterocycles. The smallest absolute Gasteiger partial charge is 0.302 e. The van der Waals surface area contributed by atoms with Gasteiger partial charge >= 0.3 is 5.91 Å². The van der Waals surface area contributed by atoms with E-state index in [4.69, 9.17) is 6.57 Å². The van der Waals surface area contributed by atoms with Crippen molar-refractivity contribution in [3.05, 3.63) is 24.1 Å². The Kier molecular flexibility index (Phi) is 4.10. The van der Waals surface area contributed by atoms with Crippen molar-refractivity contribution in [3.8, 4) is 0 Å². The number of hydrogen-bond donors (Lipinski definition) is 1. The monoisotopic (exact) mass is 313 g/mol. The highest BCUT2D eigenvalue weighted by Gasteiger charge is 2.33. The van der Waals surface area contributed by atoms with Gasteiger partial charge in [-0.3, -0.25) is 4.79 Å². The normalized spacial score (nSPS) is 21.2. The van der Waals surface area contributed by atoms with E-state index in [1.807, 2.05) is 7.05 Å². The molecule has 0 aliphatic carbocycles. The Balaban J connectivity index is 1.85. The molecule has 1 saturated heterocycles. The lowest BCUT2D eigenvalue weighted by molar-refractivity contribution is -0.130. The first-order valence-electron chi connectivity index (χ1n) is 7.59. The molecule has 0 radical (unpaired) electrons. The van der Waals surface area contributed by atoms with Crippen LogP contribution in [-0.4, -0.2) is 63.5 Å². The standard InChI is InChI=1S/C15H19N7O/c1-10-4-5-22(12(23)6-16-2)7-11(10)21(3)15-13-14(18-8-17-13)19-9-20-15/h8-11H,4-7H2,1,3H3,(H,17,18,19,20)/t10-,11+/m1/s1. The Morgan fingerprint density at radius 2 is 2.35 bits per heavy atom. The number of nitrogens with one attached hydrogen (secondary N) is 1. The number of anilines is 1. The zero-order chi connectivity index (χ0) is 16.4. The number of aromatic nitrogens is 4. The number of aromatic amines is 1. The average molecular weight is 313 g/mol. The number of amides is 1. The quantitative estimate of drug-likeness (QED) is 0.853. The van der Waals surface area contributed by atoms with Crippen molar-refractivity contribution in [3.63, 3.8) is 0 Å². The van der Waals surface area contributed by atoms with Gasteiger partial charge in [0.15, 0.2) is 11.5 Å². The van der Waals surface area contributed by atoms with Gasteiger partial charge in [0, 0.05) is 20.1 Å². The molecule has 120 valence electrons. The first-order chi connectivity index (χ1) is 11.1. The molecular weight excluding hydrogens is 294 g/mol.